The van der Waals surface area contributed by atoms with E-state index in [0.717, 1.165) is 18.8 Å². The van der Waals surface area contributed by atoms with Crippen LogP contribution >= 0.6 is 12.4 Å². The fourth-order valence-electron chi connectivity index (χ4n) is 1.28. The Hall–Kier alpha value is -0.610. The van der Waals surface area contributed by atoms with E-state index in [4.69, 9.17) is 0 Å². The molecule has 0 aliphatic carbocycles. The van der Waals surface area contributed by atoms with E-state index in [1.807, 2.05) is 6.07 Å². The number of aryl methyl sites for hydroxylation is 1. The van der Waals surface area contributed by atoms with Crippen LogP contribution in [0, 0.1) is 5.92 Å². The van der Waals surface area contributed by atoms with Crippen molar-refractivity contribution in [2.45, 2.75) is 26.9 Å². The number of aromatic nitrogens is 2. The van der Waals surface area contributed by atoms with Crippen LogP contribution in [0.3, 0.4) is 0 Å². The standard InChI is InChI=1S/C10H18FN3.ClH/c1-9(2)7-12-8-10-3-5-13-14(10)6-4-11;/h3,5,9,12H,4,6-8H2,1-2H3;1H. The molecule has 5 heteroatoms. The van der Waals surface area contributed by atoms with Gasteiger partial charge in [-0.25, -0.2) is 4.39 Å². The second-order valence-corrected chi connectivity index (χ2v) is 3.76. The first kappa shape index (κ1) is 14.4. The van der Waals surface area contributed by atoms with Crippen molar-refractivity contribution in [1.29, 1.82) is 0 Å². The Bertz CT molecular complexity index is 263. The highest BCUT2D eigenvalue weighted by Crippen LogP contribution is 1.99. The summed E-state index contributed by atoms with van der Waals surface area (Å²) in [6.07, 6.45) is 1.71. The van der Waals surface area contributed by atoms with E-state index in [9.17, 15) is 4.39 Å². The maximum atomic E-state index is 12.1. The molecule has 88 valence electrons. The Labute approximate surface area is 96.5 Å². The summed E-state index contributed by atoms with van der Waals surface area (Å²) in [4.78, 5) is 0. The van der Waals surface area contributed by atoms with Gasteiger partial charge in [-0.3, -0.25) is 4.68 Å². The summed E-state index contributed by atoms with van der Waals surface area (Å²) in [6, 6.07) is 1.92. The van der Waals surface area contributed by atoms with Gasteiger partial charge in [-0.15, -0.1) is 12.4 Å². The topological polar surface area (TPSA) is 29.9 Å². The molecule has 1 aromatic heterocycles. The van der Waals surface area contributed by atoms with Gasteiger partial charge in [-0.1, -0.05) is 13.8 Å². The first-order chi connectivity index (χ1) is 6.74. The number of hydrogen-bond donors (Lipinski definition) is 1. The van der Waals surface area contributed by atoms with Gasteiger partial charge in [0.2, 0.25) is 0 Å². The van der Waals surface area contributed by atoms with Crippen LogP contribution in [-0.2, 0) is 13.1 Å². The zero-order valence-electron chi connectivity index (χ0n) is 9.24. The number of nitrogens with one attached hydrogen (secondary N) is 1. The van der Waals surface area contributed by atoms with E-state index in [1.54, 1.807) is 10.9 Å². The maximum absolute atomic E-state index is 12.1. The summed E-state index contributed by atoms with van der Waals surface area (Å²) >= 11 is 0. The average Bonchev–Trinajstić information content (AvgIpc) is 2.53. The van der Waals surface area contributed by atoms with E-state index < -0.39 is 0 Å². The normalized spacial score (nSPS) is 10.4. The second-order valence-electron chi connectivity index (χ2n) is 3.76. The summed E-state index contributed by atoms with van der Waals surface area (Å²) < 4.78 is 13.8. The van der Waals surface area contributed by atoms with Crippen LogP contribution in [0.4, 0.5) is 4.39 Å². The maximum Gasteiger partial charge on any atom is 0.109 e. The van der Waals surface area contributed by atoms with E-state index in [-0.39, 0.29) is 19.1 Å². The van der Waals surface area contributed by atoms with Crippen LogP contribution in [0.15, 0.2) is 12.3 Å². The van der Waals surface area contributed by atoms with Crippen molar-refractivity contribution >= 4 is 12.4 Å². The van der Waals surface area contributed by atoms with Gasteiger partial charge in [-0.2, -0.15) is 5.10 Å². The molecule has 1 N–H and O–H groups in total. The quantitative estimate of drug-likeness (QED) is 0.818. The number of halogens is 2. The molecule has 0 saturated carbocycles. The number of alkyl halides is 1. The smallest absolute Gasteiger partial charge is 0.109 e. The molecule has 0 bridgehead atoms. The van der Waals surface area contributed by atoms with Crippen molar-refractivity contribution in [3.05, 3.63) is 18.0 Å². The van der Waals surface area contributed by atoms with Crippen molar-refractivity contribution in [2.24, 2.45) is 5.92 Å². The minimum atomic E-state index is -0.362. The molecular weight excluding hydrogens is 217 g/mol. The number of hydrogen-bond acceptors (Lipinski definition) is 2. The lowest BCUT2D eigenvalue weighted by atomic mass is 10.2. The molecule has 1 rings (SSSR count). The second kappa shape index (κ2) is 7.65. The minimum Gasteiger partial charge on any atom is -0.311 e. The highest BCUT2D eigenvalue weighted by molar-refractivity contribution is 5.85. The predicted molar refractivity (Wildman–Crippen MR) is 62.0 cm³/mol. The molecule has 0 radical (unpaired) electrons. The van der Waals surface area contributed by atoms with Gasteiger partial charge in [0.05, 0.1) is 12.2 Å². The molecule has 0 aliphatic heterocycles. The predicted octanol–water partition coefficient (Wildman–Crippen LogP) is 2.02. The van der Waals surface area contributed by atoms with Gasteiger partial charge in [0.15, 0.2) is 0 Å². The molecule has 3 nitrogen and oxygen atoms in total. The molecule has 1 heterocycles. The van der Waals surface area contributed by atoms with Gasteiger partial charge in [-0.05, 0) is 18.5 Å². The molecule has 0 atom stereocenters. The van der Waals surface area contributed by atoms with Gasteiger partial charge < -0.3 is 5.32 Å². The number of rotatable bonds is 6. The summed E-state index contributed by atoms with van der Waals surface area (Å²) in [6.45, 7) is 6.04. The molecule has 0 unspecified atom stereocenters. The van der Waals surface area contributed by atoms with Gasteiger partial charge in [0.25, 0.3) is 0 Å². The van der Waals surface area contributed by atoms with E-state index in [0.29, 0.717) is 12.5 Å². The number of nitrogens with zero attached hydrogens (tertiary/aromatic N) is 2. The van der Waals surface area contributed by atoms with Crippen LogP contribution in [-0.4, -0.2) is 23.0 Å². The van der Waals surface area contributed by atoms with Crippen molar-refractivity contribution in [3.63, 3.8) is 0 Å². The third-order valence-electron chi connectivity index (χ3n) is 1.96. The van der Waals surface area contributed by atoms with E-state index in [1.165, 1.54) is 0 Å². The lowest BCUT2D eigenvalue weighted by Gasteiger charge is -2.08. The molecular formula is C10H19ClFN3. The Kier molecular flexibility index (Phi) is 7.34. The third-order valence-corrected chi connectivity index (χ3v) is 1.96. The molecule has 0 saturated heterocycles. The first-order valence-electron chi connectivity index (χ1n) is 5.01. The first-order valence-corrected chi connectivity index (χ1v) is 5.01. The summed E-state index contributed by atoms with van der Waals surface area (Å²) in [7, 11) is 0. The van der Waals surface area contributed by atoms with E-state index >= 15 is 0 Å². The Morgan fingerprint density at radius 1 is 1.53 bits per heavy atom. The van der Waals surface area contributed by atoms with Gasteiger partial charge >= 0.3 is 0 Å². The zero-order chi connectivity index (χ0) is 10.4. The fourth-order valence-corrected chi connectivity index (χ4v) is 1.28. The van der Waals surface area contributed by atoms with Crippen LogP contribution < -0.4 is 5.32 Å². The molecule has 0 amide bonds. The lowest BCUT2D eigenvalue weighted by molar-refractivity contribution is 0.415. The van der Waals surface area contributed by atoms with Crippen LogP contribution in [0.25, 0.3) is 0 Å². The van der Waals surface area contributed by atoms with Crippen molar-refractivity contribution in [2.75, 3.05) is 13.2 Å². The molecule has 15 heavy (non-hydrogen) atoms. The minimum absolute atomic E-state index is 0. The SMILES string of the molecule is CC(C)CNCc1ccnn1CCF.Cl. The van der Waals surface area contributed by atoms with Crippen LogP contribution in [0.5, 0.6) is 0 Å². The Morgan fingerprint density at radius 2 is 2.27 bits per heavy atom. The monoisotopic (exact) mass is 235 g/mol. The fraction of sp³-hybridized carbons (Fsp3) is 0.700. The molecule has 0 aliphatic rings. The van der Waals surface area contributed by atoms with Crippen LogP contribution in [0.1, 0.15) is 19.5 Å². The van der Waals surface area contributed by atoms with Crippen LogP contribution in [0.2, 0.25) is 0 Å². The summed E-state index contributed by atoms with van der Waals surface area (Å²) in [5.74, 6) is 0.632. The zero-order valence-corrected chi connectivity index (χ0v) is 10.1. The van der Waals surface area contributed by atoms with Crippen molar-refractivity contribution in [1.82, 2.24) is 15.1 Å². The average molecular weight is 236 g/mol. The van der Waals surface area contributed by atoms with Gasteiger partial charge in [0.1, 0.15) is 6.67 Å². The van der Waals surface area contributed by atoms with Crippen molar-refractivity contribution in [3.8, 4) is 0 Å². The largest absolute Gasteiger partial charge is 0.311 e. The van der Waals surface area contributed by atoms with Gasteiger partial charge in [0, 0.05) is 12.7 Å². The molecule has 1 aromatic rings. The molecule has 0 fully saturated rings. The summed E-state index contributed by atoms with van der Waals surface area (Å²) in [5.41, 5.74) is 1.04. The molecule has 0 spiro atoms. The molecule has 0 aromatic carbocycles. The Balaban J connectivity index is 0.00000196. The Morgan fingerprint density at radius 3 is 2.87 bits per heavy atom. The van der Waals surface area contributed by atoms with E-state index in [2.05, 4.69) is 24.3 Å². The van der Waals surface area contributed by atoms with Crippen molar-refractivity contribution < 1.29 is 4.39 Å². The summed E-state index contributed by atoms with van der Waals surface area (Å²) in [5, 5.41) is 7.34. The third kappa shape index (κ3) is 5.14. The lowest BCUT2D eigenvalue weighted by Crippen LogP contribution is -2.21. The highest BCUT2D eigenvalue weighted by Gasteiger charge is 2.01. The highest BCUT2D eigenvalue weighted by atomic mass is 35.5.